The molecular weight excluding hydrogens is 457 g/mol. The fourth-order valence-corrected chi connectivity index (χ4v) is 3.51. The highest BCUT2D eigenvalue weighted by Crippen LogP contribution is 2.21. The van der Waals surface area contributed by atoms with Gasteiger partial charge in [0.1, 0.15) is 5.75 Å². The molecule has 0 amide bonds. The lowest BCUT2D eigenvalue weighted by Crippen LogP contribution is -2.36. The molecule has 0 unspecified atom stereocenters. The van der Waals surface area contributed by atoms with Gasteiger partial charge in [-0.15, -0.1) is 35.3 Å². The van der Waals surface area contributed by atoms with Gasteiger partial charge in [-0.3, -0.25) is 4.99 Å². The van der Waals surface area contributed by atoms with Crippen molar-refractivity contribution >= 4 is 52.0 Å². The summed E-state index contributed by atoms with van der Waals surface area (Å²) >= 11 is 1.77. The predicted octanol–water partition coefficient (Wildman–Crippen LogP) is 4.70. The zero-order valence-corrected chi connectivity index (χ0v) is 18.4. The highest BCUT2D eigenvalue weighted by molar-refractivity contribution is 14.0. The quantitative estimate of drug-likeness (QED) is 0.316. The van der Waals surface area contributed by atoms with Crippen LogP contribution in [0, 0.1) is 6.92 Å². The van der Waals surface area contributed by atoms with E-state index in [4.69, 9.17) is 4.74 Å². The van der Waals surface area contributed by atoms with Crippen molar-refractivity contribution in [3.63, 3.8) is 0 Å². The van der Waals surface area contributed by atoms with Crippen LogP contribution in [-0.4, -0.2) is 20.1 Å². The van der Waals surface area contributed by atoms with Crippen LogP contribution in [0.15, 0.2) is 52.8 Å². The largest absolute Gasteiger partial charge is 0.497 e. The summed E-state index contributed by atoms with van der Waals surface area (Å²) in [6.07, 6.45) is 0. The topological polar surface area (TPSA) is 45.7 Å². The summed E-state index contributed by atoms with van der Waals surface area (Å²) in [5.41, 5.74) is 2.53. The normalized spacial score (nSPS) is 11.1. The first kappa shape index (κ1) is 20.5. The lowest BCUT2D eigenvalue weighted by molar-refractivity contribution is 0.415. The Labute approximate surface area is 175 Å². The number of aryl methyl sites for hydroxylation is 1. The minimum atomic E-state index is 0. The van der Waals surface area contributed by atoms with E-state index >= 15 is 0 Å². The van der Waals surface area contributed by atoms with E-state index in [-0.39, 0.29) is 24.0 Å². The molecule has 0 atom stereocenters. The van der Waals surface area contributed by atoms with Crippen molar-refractivity contribution in [3.05, 3.63) is 63.8 Å². The summed E-state index contributed by atoms with van der Waals surface area (Å²) in [7, 11) is 3.49. The Morgan fingerprint density at radius 3 is 2.46 bits per heavy atom. The number of halogens is 1. The van der Waals surface area contributed by atoms with Gasteiger partial charge in [0.15, 0.2) is 5.96 Å². The zero-order valence-electron chi connectivity index (χ0n) is 15.2. The molecule has 0 aliphatic rings. The van der Waals surface area contributed by atoms with Gasteiger partial charge in [-0.25, -0.2) is 0 Å². The second-order valence-electron chi connectivity index (χ2n) is 5.85. The van der Waals surface area contributed by atoms with Crippen LogP contribution in [0.25, 0.3) is 10.8 Å². The smallest absolute Gasteiger partial charge is 0.191 e. The molecule has 26 heavy (non-hydrogen) atoms. The van der Waals surface area contributed by atoms with E-state index in [9.17, 15) is 0 Å². The second-order valence-corrected chi connectivity index (χ2v) is 6.85. The molecule has 1 heterocycles. The third kappa shape index (κ3) is 5.11. The lowest BCUT2D eigenvalue weighted by Gasteiger charge is -2.12. The number of hydrogen-bond acceptors (Lipinski definition) is 3. The van der Waals surface area contributed by atoms with Crippen molar-refractivity contribution in [1.82, 2.24) is 10.6 Å². The number of rotatable bonds is 5. The first-order chi connectivity index (χ1) is 12.2. The maximum absolute atomic E-state index is 5.28. The fourth-order valence-electron chi connectivity index (χ4n) is 2.67. The Morgan fingerprint density at radius 1 is 1.04 bits per heavy atom. The molecule has 0 fully saturated rings. The summed E-state index contributed by atoms with van der Waals surface area (Å²) < 4.78 is 5.28. The number of ether oxygens (including phenoxy) is 1. The Kier molecular flexibility index (Phi) is 7.71. The molecule has 3 rings (SSSR count). The monoisotopic (exact) mass is 481 g/mol. The Hall–Kier alpha value is -1.80. The van der Waals surface area contributed by atoms with E-state index in [0.29, 0.717) is 0 Å². The van der Waals surface area contributed by atoms with Crippen molar-refractivity contribution in [2.75, 3.05) is 14.2 Å². The van der Waals surface area contributed by atoms with Gasteiger partial charge in [-0.2, -0.15) is 0 Å². The number of aliphatic imine (C=N–C) groups is 1. The Bertz CT molecular complexity index is 892. The first-order valence-corrected chi connectivity index (χ1v) is 9.11. The lowest BCUT2D eigenvalue weighted by atomic mass is 10.1. The summed E-state index contributed by atoms with van der Waals surface area (Å²) in [6.45, 7) is 3.65. The minimum absolute atomic E-state index is 0. The van der Waals surface area contributed by atoms with Crippen molar-refractivity contribution in [2.45, 2.75) is 20.0 Å². The van der Waals surface area contributed by atoms with E-state index < -0.39 is 0 Å². The molecule has 1 aromatic heterocycles. The summed E-state index contributed by atoms with van der Waals surface area (Å²) in [5.74, 6) is 1.69. The molecule has 0 bridgehead atoms. The van der Waals surface area contributed by atoms with Gasteiger partial charge < -0.3 is 15.4 Å². The van der Waals surface area contributed by atoms with Gasteiger partial charge in [-0.05, 0) is 58.5 Å². The number of methoxy groups -OCH3 is 1. The number of nitrogens with zero attached hydrogens (tertiary/aromatic N) is 1. The van der Waals surface area contributed by atoms with Crippen LogP contribution < -0.4 is 15.4 Å². The number of nitrogens with one attached hydrogen (secondary N) is 2. The van der Waals surface area contributed by atoms with Crippen molar-refractivity contribution in [3.8, 4) is 5.75 Å². The average Bonchev–Trinajstić information content (AvgIpc) is 3.06. The molecule has 2 N–H and O–H groups in total. The molecule has 138 valence electrons. The van der Waals surface area contributed by atoms with Crippen molar-refractivity contribution in [1.29, 1.82) is 0 Å². The molecule has 0 saturated carbocycles. The van der Waals surface area contributed by atoms with Crippen LogP contribution in [-0.2, 0) is 13.1 Å². The van der Waals surface area contributed by atoms with E-state index in [1.54, 1.807) is 25.5 Å². The summed E-state index contributed by atoms with van der Waals surface area (Å²) in [4.78, 5) is 5.64. The molecule has 2 aromatic carbocycles. The zero-order chi connectivity index (χ0) is 17.6. The molecule has 3 aromatic rings. The molecule has 4 nitrogen and oxygen atoms in total. The minimum Gasteiger partial charge on any atom is -0.497 e. The Morgan fingerprint density at radius 2 is 1.77 bits per heavy atom. The maximum atomic E-state index is 5.28. The van der Waals surface area contributed by atoms with Gasteiger partial charge in [0.25, 0.3) is 0 Å². The van der Waals surface area contributed by atoms with Gasteiger partial charge in [0.2, 0.25) is 0 Å². The van der Waals surface area contributed by atoms with Crippen LogP contribution >= 0.6 is 35.3 Å². The molecule has 6 heteroatoms. The fraction of sp³-hybridized carbons (Fsp3) is 0.250. The summed E-state index contributed by atoms with van der Waals surface area (Å²) in [6, 6.07) is 14.7. The SMILES string of the molecule is CN=C(NCc1ccc2cc(OC)ccc2c1)NCc1sccc1C.I. The van der Waals surface area contributed by atoms with E-state index in [1.807, 2.05) is 6.07 Å². The third-order valence-electron chi connectivity index (χ3n) is 4.18. The molecular formula is C20H24IN3OS. The first-order valence-electron chi connectivity index (χ1n) is 8.24. The third-order valence-corrected chi connectivity index (χ3v) is 5.20. The number of hydrogen-bond donors (Lipinski definition) is 2. The van der Waals surface area contributed by atoms with Gasteiger partial charge in [-0.1, -0.05) is 18.2 Å². The van der Waals surface area contributed by atoms with Crippen LogP contribution in [0.1, 0.15) is 16.0 Å². The number of guanidine groups is 1. The van der Waals surface area contributed by atoms with E-state index in [2.05, 4.69) is 64.3 Å². The maximum Gasteiger partial charge on any atom is 0.191 e. The van der Waals surface area contributed by atoms with Gasteiger partial charge in [0, 0.05) is 18.5 Å². The van der Waals surface area contributed by atoms with Crippen LogP contribution in [0.2, 0.25) is 0 Å². The Balaban J connectivity index is 0.00000243. The average molecular weight is 481 g/mol. The van der Waals surface area contributed by atoms with Crippen molar-refractivity contribution in [2.24, 2.45) is 4.99 Å². The number of thiophene rings is 1. The van der Waals surface area contributed by atoms with E-state index in [1.165, 1.54) is 26.8 Å². The predicted molar refractivity (Wildman–Crippen MR) is 122 cm³/mol. The van der Waals surface area contributed by atoms with Crippen LogP contribution in [0.5, 0.6) is 5.75 Å². The molecule has 0 aliphatic heterocycles. The van der Waals surface area contributed by atoms with E-state index in [0.717, 1.165) is 24.8 Å². The standard InChI is InChI=1S/C20H23N3OS.HI/c1-14-8-9-25-19(14)13-23-20(21-2)22-12-15-4-5-17-11-18(24-3)7-6-16(17)10-15;/h4-11H,12-13H2,1-3H3,(H2,21,22,23);1H. The van der Waals surface area contributed by atoms with Crippen molar-refractivity contribution < 1.29 is 4.74 Å². The summed E-state index contributed by atoms with van der Waals surface area (Å²) in [5, 5.41) is 11.2. The molecule has 0 saturated heterocycles. The number of fused-ring (bicyclic) bond motifs is 1. The van der Waals surface area contributed by atoms with Crippen LogP contribution in [0.3, 0.4) is 0 Å². The molecule has 0 spiro atoms. The molecule has 0 radical (unpaired) electrons. The van der Waals surface area contributed by atoms with Crippen LogP contribution in [0.4, 0.5) is 0 Å². The van der Waals surface area contributed by atoms with Gasteiger partial charge in [0.05, 0.1) is 13.7 Å². The molecule has 0 aliphatic carbocycles. The number of benzene rings is 2. The second kappa shape index (κ2) is 9.78. The van der Waals surface area contributed by atoms with Gasteiger partial charge >= 0.3 is 0 Å². The highest BCUT2D eigenvalue weighted by Gasteiger charge is 2.03. The highest BCUT2D eigenvalue weighted by atomic mass is 127.